The highest BCUT2D eigenvalue weighted by atomic mass is 35.5. The number of nitrogens with one attached hydrogen (secondary N) is 2. The Morgan fingerprint density at radius 1 is 0.759 bits per heavy atom. The molecule has 1 aromatic carbocycles. The van der Waals surface area contributed by atoms with Crippen molar-refractivity contribution >= 4 is 34.8 Å². The topological polar surface area (TPSA) is 41.1 Å². The smallest absolute Gasteiger partial charge is 0.239 e. The molecule has 166 valence electrons. The summed E-state index contributed by atoms with van der Waals surface area (Å²) in [6, 6.07) is 5.26. The van der Waals surface area contributed by atoms with Gasteiger partial charge in [-0.05, 0) is 24.6 Å². The van der Waals surface area contributed by atoms with Crippen molar-refractivity contribution in [3.8, 4) is 0 Å². The molecule has 0 heterocycles. The Labute approximate surface area is 188 Å². The molecule has 0 fully saturated rings. The molecule has 5 heteroatoms. The van der Waals surface area contributed by atoms with Crippen molar-refractivity contribution in [1.82, 2.24) is 5.32 Å². The van der Waals surface area contributed by atoms with Gasteiger partial charge in [-0.15, -0.1) is 0 Å². The van der Waals surface area contributed by atoms with Gasteiger partial charge >= 0.3 is 0 Å². The lowest BCUT2D eigenvalue weighted by Crippen LogP contribution is -2.30. The second-order valence-corrected chi connectivity index (χ2v) is 8.74. The molecule has 1 amide bonds. The summed E-state index contributed by atoms with van der Waals surface area (Å²) in [5, 5.41) is 7.02. The summed E-state index contributed by atoms with van der Waals surface area (Å²) in [4.78, 5) is 11.9. The summed E-state index contributed by atoms with van der Waals surface area (Å²) >= 11 is 11.8. The van der Waals surface area contributed by atoms with Gasteiger partial charge in [0.1, 0.15) is 0 Å². The minimum Gasteiger partial charge on any atom is -0.376 e. The van der Waals surface area contributed by atoms with E-state index in [1.807, 2.05) is 6.07 Å². The first-order valence-corrected chi connectivity index (χ1v) is 12.3. The average Bonchev–Trinajstić information content (AvgIpc) is 2.71. The molecule has 0 spiro atoms. The SMILES string of the molecule is CCCCCCCCCCCCCCCCNC(=O)CNc1ccc(Cl)c(Cl)c1. The van der Waals surface area contributed by atoms with Crippen LogP contribution in [0.5, 0.6) is 0 Å². The normalized spacial score (nSPS) is 10.9. The molecule has 1 aromatic rings. The maximum atomic E-state index is 11.9. The Morgan fingerprint density at radius 2 is 1.28 bits per heavy atom. The summed E-state index contributed by atoms with van der Waals surface area (Å²) in [6.07, 6.45) is 18.8. The zero-order valence-electron chi connectivity index (χ0n) is 18.2. The molecule has 0 radical (unpaired) electrons. The average molecular weight is 444 g/mol. The van der Waals surface area contributed by atoms with Gasteiger partial charge in [-0.1, -0.05) is 114 Å². The molecule has 0 saturated carbocycles. The molecule has 2 N–H and O–H groups in total. The number of unbranched alkanes of at least 4 members (excludes halogenated alkanes) is 13. The molecule has 0 saturated heterocycles. The molecule has 0 aliphatic carbocycles. The maximum absolute atomic E-state index is 11.9. The molecule has 0 atom stereocenters. The Hall–Kier alpha value is -0.930. The van der Waals surface area contributed by atoms with E-state index < -0.39 is 0 Å². The van der Waals surface area contributed by atoms with E-state index in [1.165, 1.54) is 83.5 Å². The van der Waals surface area contributed by atoms with Gasteiger partial charge in [-0.25, -0.2) is 0 Å². The summed E-state index contributed by atoms with van der Waals surface area (Å²) in [5.74, 6) is 0.00534. The van der Waals surface area contributed by atoms with E-state index in [0.717, 1.165) is 18.7 Å². The Bertz CT molecular complexity index is 552. The van der Waals surface area contributed by atoms with Gasteiger partial charge in [0.2, 0.25) is 5.91 Å². The lowest BCUT2D eigenvalue weighted by molar-refractivity contribution is -0.119. The quantitative estimate of drug-likeness (QED) is 0.226. The van der Waals surface area contributed by atoms with Crippen LogP contribution in [0.2, 0.25) is 10.0 Å². The number of hydrogen-bond donors (Lipinski definition) is 2. The minimum atomic E-state index is 0.00534. The van der Waals surface area contributed by atoms with Gasteiger partial charge in [0.15, 0.2) is 0 Å². The first-order chi connectivity index (χ1) is 14.1. The highest BCUT2D eigenvalue weighted by Gasteiger charge is 2.03. The third-order valence-corrected chi connectivity index (χ3v) is 5.96. The van der Waals surface area contributed by atoms with Crippen LogP contribution in [0.4, 0.5) is 5.69 Å². The van der Waals surface area contributed by atoms with E-state index in [9.17, 15) is 4.79 Å². The first kappa shape index (κ1) is 26.1. The Morgan fingerprint density at radius 3 is 1.79 bits per heavy atom. The first-order valence-electron chi connectivity index (χ1n) is 11.6. The lowest BCUT2D eigenvalue weighted by Gasteiger charge is -2.08. The molecule has 3 nitrogen and oxygen atoms in total. The third-order valence-electron chi connectivity index (χ3n) is 5.23. The third kappa shape index (κ3) is 14.7. The summed E-state index contributed by atoms with van der Waals surface area (Å²) < 4.78 is 0. The zero-order chi connectivity index (χ0) is 21.2. The molecule has 0 bridgehead atoms. The van der Waals surface area contributed by atoms with Crippen LogP contribution in [0.3, 0.4) is 0 Å². The Kier molecular flexibility index (Phi) is 16.1. The summed E-state index contributed by atoms with van der Waals surface area (Å²) in [7, 11) is 0. The molecule has 1 rings (SSSR count). The minimum absolute atomic E-state index is 0.00534. The van der Waals surface area contributed by atoms with Crippen LogP contribution in [-0.4, -0.2) is 19.0 Å². The van der Waals surface area contributed by atoms with Crippen molar-refractivity contribution in [2.45, 2.75) is 96.8 Å². The number of benzene rings is 1. The molecule has 0 unspecified atom stereocenters. The van der Waals surface area contributed by atoms with Crippen LogP contribution in [0, 0.1) is 0 Å². The van der Waals surface area contributed by atoms with Gasteiger partial charge in [-0.2, -0.15) is 0 Å². The molecular formula is C24H40Cl2N2O. The molecule has 29 heavy (non-hydrogen) atoms. The van der Waals surface area contributed by atoms with Crippen LogP contribution in [0.15, 0.2) is 18.2 Å². The predicted octanol–water partition coefficient (Wildman–Crippen LogP) is 8.00. The zero-order valence-corrected chi connectivity index (χ0v) is 19.7. The Balaban J connectivity index is 1.84. The van der Waals surface area contributed by atoms with Crippen molar-refractivity contribution in [2.75, 3.05) is 18.4 Å². The monoisotopic (exact) mass is 442 g/mol. The lowest BCUT2D eigenvalue weighted by atomic mass is 10.0. The van der Waals surface area contributed by atoms with Crippen LogP contribution >= 0.6 is 23.2 Å². The van der Waals surface area contributed by atoms with Gasteiger partial charge in [0, 0.05) is 12.2 Å². The molecular weight excluding hydrogens is 403 g/mol. The summed E-state index contributed by atoms with van der Waals surface area (Å²) in [6.45, 7) is 3.27. The fourth-order valence-corrected chi connectivity index (χ4v) is 3.70. The second kappa shape index (κ2) is 17.9. The van der Waals surface area contributed by atoms with Gasteiger partial charge < -0.3 is 10.6 Å². The predicted molar refractivity (Wildman–Crippen MR) is 128 cm³/mol. The molecule has 0 aliphatic heterocycles. The van der Waals surface area contributed by atoms with Crippen molar-refractivity contribution in [1.29, 1.82) is 0 Å². The fraction of sp³-hybridized carbons (Fsp3) is 0.708. The second-order valence-electron chi connectivity index (χ2n) is 7.93. The number of carbonyl (C=O) groups excluding carboxylic acids is 1. The number of carbonyl (C=O) groups is 1. The van der Waals surface area contributed by atoms with Gasteiger partial charge in [0.05, 0.1) is 16.6 Å². The van der Waals surface area contributed by atoms with Crippen LogP contribution < -0.4 is 10.6 Å². The number of halogens is 2. The number of rotatable bonds is 18. The van der Waals surface area contributed by atoms with Crippen molar-refractivity contribution in [3.63, 3.8) is 0 Å². The van der Waals surface area contributed by atoms with Crippen molar-refractivity contribution < 1.29 is 4.79 Å². The fourth-order valence-electron chi connectivity index (χ4n) is 3.40. The van der Waals surface area contributed by atoms with E-state index in [0.29, 0.717) is 10.0 Å². The van der Waals surface area contributed by atoms with E-state index in [-0.39, 0.29) is 12.5 Å². The van der Waals surface area contributed by atoms with E-state index >= 15 is 0 Å². The molecule has 0 aliphatic rings. The van der Waals surface area contributed by atoms with Gasteiger partial charge in [0.25, 0.3) is 0 Å². The van der Waals surface area contributed by atoms with E-state index in [4.69, 9.17) is 23.2 Å². The highest BCUT2D eigenvalue weighted by Crippen LogP contribution is 2.24. The standard InChI is InChI=1S/C24H40Cl2N2O/c1-2-3-4-5-6-7-8-9-10-11-12-13-14-15-18-27-24(29)20-28-21-16-17-22(25)23(26)19-21/h16-17,19,28H,2-15,18,20H2,1H3,(H,27,29). The summed E-state index contributed by atoms with van der Waals surface area (Å²) in [5.41, 5.74) is 0.797. The van der Waals surface area contributed by atoms with Crippen LogP contribution in [0.1, 0.15) is 96.8 Å². The van der Waals surface area contributed by atoms with Crippen molar-refractivity contribution in [2.24, 2.45) is 0 Å². The number of amides is 1. The van der Waals surface area contributed by atoms with E-state index in [1.54, 1.807) is 12.1 Å². The largest absolute Gasteiger partial charge is 0.376 e. The number of hydrogen-bond acceptors (Lipinski definition) is 2. The van der Waals surface area contributed by atoms with Crippen LogP contribution in [0.25, 0.3) is 0 Å². The number of anilines is 1. The highest BCUT2D eigenvalue weighted by molar-refractivity contribution is 6.42. The van der Waals surface area contributed by atoms with Gasteiger partial charge in [-0.3, -0.25) is 4.79 Å². The van der Waals surface area contributed by atoms with E-state index in [2.05, 4.69) is 17.6 Å². The molecule has 0 aromatic heterocycles. The van der Waals surface area contributed by atoms with Crippen molar-refractivity contribution in [3.05, 3.63) is 28.2 Å². The maximum Gasteiger partial charge on any atom is 0.239 e. The van der Waals surface area contributed by atoms with Crippen LogP contribution in [-0.2, 0) is 4.79 Å².